The second kappa shape index (κ2) is 8.15. The van der Waals surface area contributed by atoms with Crippen LogP contribution >= 0.6 is 0 Å². The Morgan fingerprint density at radius 2 is 2.00 bits per heavy atom. The summed E-state index contributed by atoms with van der Waals surface area (Å²) < 4.78 is 28.0. The average Bonchev–Trinajstić information content (AvgIpc) is 2.65. The number of benzene rings is 2. The summed E-state index contributed by atoms with van der Waals surface area (Å²) in [5.41, 5.74) is 5.38. The van der Waals surface area contributed by atoms with Crippen LogP contribution in [0.4, 0.5) is 14.5 Å². The number of hydrogen-bond donors (Lipinski definition) is 1. The number of hydrazone groups is 1. The van der Waals surface area contributed by atoms with E-state index in [1.165, 1.54) is 30.5 Å². The average molecular weight is 397 g/mol. The summed E-state index contributed by atoms with van der Waals surface area (Å²) in [5, 5.41) is 3.85. The quantitative estimate of drug-likeness (QED) is 0.561. The van der Waals surface area contributed by atoms with E-state index in [1.54, 1.807) is 6.07 Å². The number of anilines is 1. The minimum atomic E-state index is -0.564. The first kappa shape index (κ1) is 20.7. The summed E-state index contributed by atoms with van der Waals surface area (Å²) in [4.78, 5) is 14.2. The van der Waals surface area contributed by atoms with Crippen LogP contribution in [0, 0.1) is 11.6 Å². The first-order valence-electron chi connectivity index (χ1n) is 9.63. The molecule has 0 bridgehead atoms. The SMILES string of the molecule is CCCN1c2cc(F)c(/C=N\NC(=O)c3cccc(F)c3)cc2C(C)=CC1(C)C. The minimum absolute atomic E-state index is 0.143. The molecule has 4 nitrogen and oxygen atoms in total. The van der Waals surface area contributed by atoms with Crippen molar-refractivity contribution in [3.05, 3.63) is 70.8 Å². The summed E-state index contributed by atoms with van der Waals surface area (Å²) in [7, 11) is 0. The van der Waals surface area contributed by atoms with Gasteiger partial charge in [0.1, 0.15) is 11.6 Å². The summed E-state index contributed by atoms with van der Waals surface area (Å²) in [5.74, 6) is -1.49. The molecular weight excluding hydrogens is 372 g/mol. The van der Waals surface area contributed by atoms with Gasteiger partial charge in [-0.2, -0.15) is 5.10 Å². The molecule has 1 aliphatic heterocycles. The van der Waals surface area contributed by atoms with Crippen LogP contribution in [0.15, 0.2) is 47.6 Å². The molecule has 0 atom stereocenters. The smallest absolute Gasteiger partial charge is 0.271 e. The number of carbonyl (C=O) groups excluding carboxylic acids is 1. The van der Waals surface area contributed by atoms with Crippen LogP contribution in [-0.2, 0) is 0 Å². The van der Waals surface area contributed by atoms with Gasteiger partial charge in [0.15, 0.2) is 0 Å². The van der Waals surface area contributed by atoms with Gasteiger partial charge in [0.25, 0.3) is 5.91 Å². The molecule has 1 aliphatic rings. The van der Waals surface area contributed by atoms with Crippen molar-refractivity contribution in [3.8, 4) is 0 Å². The molecule has 29 heavy (non-hydrogen) atoms. The van der Waals surface area contributed by atoms with Crippen molar-refractivity contribution >= 4 is 23.4 Å². The van der Waals surface area contributed by atoms with Gasteiger partial charge in [0.05, 0.1) is 11.8 Å². The highest BCUT2D eigenvalue weighted by Crippen LogP contribution is 2.39. The Morgan fingerprint density at radius 1 is 1.24 bits per heavy atom. The number of halogens is 2. The predicted molar refractivity (Wildman–Crippen MR) is 113 cm³/mol. The van der Waals surface area contributed by atoms with Gasteiger partial charge in [0, 0.05) is 28.9 Å². The summed E-state index contributed by atoms with van der Waals surface area (Å²) in [6, 6.07) is 8.55. The van der Waals surface area contributed by atoms with Crippen LogP contribution < -0.4 is 10.3 Å². The van der Waals surface area contributed by atoms with Crippen molar-refractivity contribution in [2.45, 2.75) is 39.7 Å². The lowest BCUT2D eigenvalue weighted by Crippen LogP contribution is -2.45. The van der Waals surface area contributed by atoms with E-state index in [9.17, 15) is 13.6 Å². The van der Waals surface area contributed by atoms with Gasteiger partial charge in [-0.3, -0.25) is 4.79 Å². The number of nitrogens with zero attached hydrogens (tertiary/aromatic N) is 2. The molecular formula is C23H25F2N3O. The van der Waals surface area contributed by atoms with Crippen LogP contribution in [0.2, 0.25) is 0 Å². The first-order chi connectivity index (χ1) is 13.7. The zero-order valence-corrected chi connectivity index (χ0v) is 17.1. The zero-order valence-electron chi connectivity index (χ0n) is 17.1. The van der Waals surface area contributed by atoms with Gasteiger partial charge >= 0.3 is 0 Å². The van der Waals surface area contributed by atoms with Crippen molar-refractivity contribution in [2.75, 3.05) is 11.4 Å². The summed E-state index contributed by atoms with van der Waals surface area (Å²) in [6.45, 7) is 9.16. The second-order valence-corrected chi connectivity index (χ2v) is 7.73. The summed E-state index contributed by atoms with van der Waals surface area (Å²) >= 11 is 0. The lowest BCUT2D eigenvalue weighted by atomic mass is 9.88. The maximum absolute atomic E-state index is 14.8. The third kappa shape index (κ3) is 4.36. The third-order valence-electron chi connectivity index (χ3n) is 5.00. The fourth-order valence-corrected chi connectivity index (χ4v) is 3.70. The number of rotatable bonds is 5. The fourth-order valence-electron chi connectivity index (χ4n) is 3.70. The number of fused-ring (bicyclic) bond motifs is 1. The van der Waals surface area contributed by atoms with Crippen molar-refractivity contribution in [3.63, 3.8) is 0 Å². The number of allylic oxidation sites excluding steroid dienone is 1. The van der Waals surface area contributed by atoms with Crippen molar-refractivity contribution < 1.29 is 13.6 Å². The van der Waals surface area contributed by atoms with E-state index in [2.05, 4.69) is 42.3 Å². The third-order valence-corrected chi connectivity index (χ3v) is 5.00. The largest absolute Gasteiger partial charge is 0.362 e. The van der Waals surface area contributed by atoms with E-state index in [0.29, 0.717) is 0 Å². The maximum Gasteiger partial charge on any atom is 0.271 e. The molecule has 0 unspecified atom stereocenters. The molecule has 0 aromatic heterocycles. The van der Waals surface area contributed by atoms with E-state index in [4.69, 9.17) is 0 Å². The Labute approximate surface area is 169 Å². The highest BCUT2D eigenvalue weighted by Gasteiger charge is 2.31. The Balaban J connectivity index is 1.86. The molecule has 152 valence electrons. The van der Waals surface area contributed by atoms with Crippen LogP contribution in [0.5, 0.6) is 0 Å². The maximum atomic E-state index is 14.8. The highest BCUT2D eigenvalue weighted by atomic mass is 19.1. The van der Waals surface area contributed by atoms with Crippen molar-refractivity contribution in [1.29, 1.82) is 0 Å². The van der Waals surface area contributed by atoms with E-state index < -0.39 is 17.5 Å². The number of amides is 1. The predicted octanol–water partition coefficient (Wildman–Crippen LogP) is 5.14. The number of hydrogen-bond acceptors (Lipinski definition) is 3. The lowest BCUT2D eigenvalue weighted by molar-refractivity contribution is 0.0954. The molecule has 0 radical (unpaired) electrons. The monoisotopic (exact) mass is 397 g/mol. The summed E-state index contributed by atoms with van der Waals surface area (Å²) in [6.07, 6.45) is 4.40. The first-order valence-corrected chi connectivity index (χ1v) is 9.63. The van der Waals surface area contributed by atoms with Crippen LogP contribution in [0.3, 0.4) is 0 Å². The molecule has 1 heterocycles. The van der Waals surface area contributed by atoms with Gasteiger partial charge in [0.2, 0.25) is 0 Å². The standard InChI is InChI=1S/C23H25F2N3O/c1-5-9-28-21-12-20(25)17(11-19(21)15(2)13-23(28,3)4)14-26-27-22(29)16-7-6-8-18(24)10-16/h6-8,10-14H,5,9H2,1-4H3,(H,27,29)/b26-14-. The lowest BCUT2D eigenvalue weighted by Gasteiger charge is -2.43. The molecule has 2 aromatic carbocycles. The molecule has 0 aliphatic carbocycles. The van der Waals surface area contributed by atoms with Crippen molar-refractivity contribution in [1.82, 2.24) is 5.43 Å². The van der Waals surface area contributed by atoms with Gasteiger partial charge < -0.3 is 4.90 Å². The van der Waals surface area contributed by atoms with E-state index in [0.717, 1.165) is 35.9 Å². The topological polar surface area (TPSA) is 44.7 Å². The van der Waals surface area contributed by atoms with Crippen LogP contribution in [0.1, 0.15) is 55.6 Å². The molecule has 2 aromatic rings. The number of carbonyl (C=O) groups is 1. The molecule has 1 N–H and O–H groups in total. The van der Waals surface area contributed by atoms with E-state index in [-0.39, 0.29) is 16.7 Å². The van der Waals surface area contributed by atoms with Gasteiger partial charge in [-0.25, -0.2) is 14.2 Å². The van der Waals surface area contributed by atoms with Crippen LogP contribution in [-0.4, -0.2) is 24.2 Å². The molecule has 0 saturated heterocycles. The molecule has 6 heteroatoms. The Hall–Kier alpha value is -3.02. The van der Waals surface area contributed by atoms with Gasteiger partial charge in [-0.1, -0.05) is 19.1 Å². The fraction of sp³-hybridized carbons (Fsp3) is 0.304. The highest BCUT2D eigenvalue weighted by molar-refractivity contribution is 5.95. The van der Waals surface area contributed by atoms with E-state index in [1.807, 2.05) is 6.92 Å². The molecule has 0 saturated carbocycles. The van der Waals surface area contributed by atoms with E-state index >= 15 is 0 Å². The number of nitrogens with one attached hydrogen (secondary N) is 1. The Bertz CT molecular complexity index is 996. The molecule has 0 spiro atoms. The zero-order chi connectivity index (χ0) is 21.2. The molecule has 3 rings (SSSR count). The van der Waals surface area contributed by atoms with Gasteiger partial charge in [-0.15, -0.1) is 0 Å². The second-order valence-electron chi connectivity index (χ2n) is 7.73. The molecule has 1 amide bonds. The van der Waals surface area contributed by atoms with Crippen LogP contribution in [0.25, 0.3) is 5.57 Å². The Kier molecular flexibility index (Phi) is 5.82. The molecule has 0 fully saturated rings. The van der Waals surface area contributed by atoms with Crippen molar-refractivity contribution in [2.24, 2.45) is 5.10 Å². The van der Waals surface area contributed by atoms with Gasteiger partial charge in [-0.05, 0) is 63.1 Å². The normalized spacial score (nSPS) is 15.2. The Morgan fingerprint density at radius 3 is 2.69 bits per heavy atom. The minimum Gasteiger partial charge on any atom is -0.362 e.